The van der Waals surface area contributed by atoms with Crippen molar-refractivity contribution < 1.29 is 31.5 Å². The first kappa shape index (κ1) is 22.9. The average Bonchev–Trinajstić information content (AvgIpc) is 2.64. The second-order valence-electron chi connectivity index (χ2n) is 8.79. The van der Waals surface area contributed by atoms with Gasteiger partial charge in [-0.25, -0.2) is 8.78 Å². The van der Waals surface area contributed by atoms with Gasteiger partial charge in [-0.05, 0) is 32.3 Å². The molecule has 2 atom stereocenters. The number of nitrogen functional groups attached to an aromatic ring is 1. The summed E-state index contributed by atoms with van der Waals surface area (Å²) in [5, 5.41) is 4.98. The number of nitrogens with one attached hydrogen (secondary N) is 2. The Morgan fingerprint density at radius 1 is 1.15 bits per heavy atom. The van der Waals surface area contributed by atoms with Gasteiger partial charge in [-0.2, -0.15) is 13.2 Å². The van der Waals surface area contributed by atoms with Crippen LogP contribution in [0, 0.1) is 22.5 Å². The van der Waals surface area contributed by atoms with Crippen LogP contribution in [0.4, 0.5) is 27.6 Å². The summed E-state index contributed by atoms with van der Waals surface area (Å²) >= 11 is 0. The van der Waals surface area contributed by atoms with Crippen molar-refractivity contribution in [3.63, 3.8) is 0 Å². The summed E-state index contributed by atoms with van der Waals surface area (Å²) in [5.41, 5.74) is 2.59. The number of alkyl halides is 3. The molecule has 3 aliphatic carbocycles. The van der Waals surface area contributed by atoms with E-state index in [4.69, 9.17) is 5.73 Å². The van der Waals surface area contributed by atoms with Crippen LogP contribution in [0.3, 0.4) is 0 Å². The highest BCUT2D eigenvalue weighted by atomic mass is 19.4. The van der Waals surface area contributed by atoms with Crippen molar-refractivity contribution in [1.82, 2.24) is 20.6 Å². The summed E-state index contributed by atoms with van der Waals surface area (Å²) in [6.07, 6.45) is -2.04. The lowest BCUT2D eigenvalue weighted by Crippen LogP contribution is -2.76. The third-order valence-corrected chi connectivity index (χ3v) is 6.52. The van der Waals surface area contributed by atoms with Crippen LogP contribution in [0.2, 0.25) is 0 Å². The number of hydrogen-bond acceptors (Lipinski definition) is 5. The molecule has 176 valence electrons. The van der Waals surface area contributed by atoms with Crippen LogP contribution in [0.25, 0.3) is 0 Å². The standard InChI is InChI=1S/C21H20F5N5O2/c1-10(15-13(23)4-11(22)5-29-15)30-18(33)16(19-7-20(8-19,9-19)21(24,25)26)31-17(32)12-2-3-28-6-14(12)27/h2-6,10,16H,7-9,27H2,1H3,(H,30,33)(H,31,32)/t10-,16?,19?,20?/m1/s1. The van der Waals surface area contributed by atoms with Crippen molar-refractivity contribution in [1.29, 1.82) is 0 Å². The van der Waals surface area contributed by atoms with Crippen molar-refractivity contribution in [3.8, 4) is 0 Å². The quantitative estimate of drug-likeness (QED) is 0.564. The Labute approximate surface area is 185 Å². The van der Waals surface area contributed by atoms with Crippen LogP contribution in [-0.2, 0) is 4.79 Å². The second-order valence-corrected chi connectivity index (χ2v) is 8.79. The zero-order chi connectivity index (χ0) is 24.2. The van der Waals surface area contributed by atoms with Crippen LogP contribution in [-0.4, -0.2) is 34.0 Å². The highest BCUT2D eigenvalue weighted by Gasteiger charge is 2.81. The number of aromatic nitrogens is 2. The lowest BCUT2D eigenvalue weighted by Gasteiger charge is -2.72. The number of rotatable bonds is 6. The minimum absolute atomic E-state index is 0.0132. The van der Waals surface area contributed by atoms with Crippen LogP contribution < -0.4 is 16.4 Å². The molecule has 2 heterocycles. The number of carbonyl (C=O) groups is 2. The van der Waals surface area contributed by atoms with Crippen LogP contribution in [0.1, 0.15) is 48.3 Å². The highest BCUT2D eigenvalue weighted by molar-refractivity contribution is 6.01. The Morgan fingerprint density at radius 3 is 2.39 bits per heavy atom. The predicted octanol–water partition coefficient (Wildman–Crippen LogP) is 3.05. The van der Waals surface area contributed by atoms with Crippen LogP contribution in [0.5, 0.6) is 0 Å². The maximum Gasteiger partial charge on any atom is 0.394 e. The second kappa shape index (κ2) is 7.63. The Hall–Kier alpha value is -3.31. The largest absolute Gasteiger partial charge is 0.397 e. The minimum Gasteiger partial charge on any atom is -0.397 e. The highest BCUT2D eigenvalue weighted by Crippen LogP contribution is 2.79. The number of nitrogens with two attached hydrogens (primary N) is 1. The summed E-state index contributed by atoms with van der Waals surface area (Å²) in [5.74, 6) is -3.44. The molecule has 0 radical (unpaired) electrons. The number of halogens is 5. The zero-order valence-electron chi connectivity index (χ0n) is 17.3. The molecule has 33 heavy (non-hydrogen) atoms. The molecule has 3 saturated carbocycles. The molecule has 3 aliphatic rings. The molecule has 2 aromatic heterocycles. The molecule has 2 bridgehead atoms. The fourth-order valence-corrected chi connectivity index (χ4v) is 4.90. The molecule has 5 rings (SSSR count). The van der Waals surface area contributed by atoms with Gasteiger partial charge < -0.3 is 16.4 Å². The van der Waals surface area contributed by atoms with Gasteiger partial charge in [0.15, 0.2) is 0 Å². The molecule has 3 fully saturated rings. The lowest BCUT2D eigenvalue weighted by atomic mass is 9.32. The maximum atomic E-state index is 14.1. The van der Waals surface area contributed by atoms with E-state index in [2.05, 4.69) is 20.6 Å². The number of carbonyl (C=O) groups excluding carboxylic acids is 2. The molecule has 2 aromatic rings. The molecular formula is C21H20F5N5O2. The normalized spacial score (nSPS) is 25.3. The van der Waals surface area contributed by atoms with Gasteiger partial charge in [0.2, 0.25) is 5.91 Å². The van der Waals surface area contributed by atoms with Crippen LogP contribution >= 0.6 is 0 Å². The Morgan fingerprint density at radius 2 is 1.82 bits per heavy atom. The van der Waals surface area contributed by atoms with Gasteiger partial charge in [0.25, 0.3) is 5.91 Å². The van der Waals surface area contributed by atoms with Gasteiger partial charge in [-0.15, -0.1) is 0 Å². The fraction of sp³-hybridized carbons (Fsp3) is 0.429. The van der Waals surface area contributed by atoms with E-state index < -0.39 is 52.5 Å². The van der Waals surface area contributed by atoms with E-state index in [0.29, 0.717) is 6.07 Å². The lowest BCUT2D eigenvalue weighted by molar-refractivity contribution is -0.366. The maximum absolute atomic E-state index is 14.1. The van der Waals surface area contributed by atoms with E-state index in [1.807, 2.05) is 0 Å². The Balaban J connectivity index is 1.56. The van der Waals surface area contributed by atoms with Crippen molar-refractivity contribution in [3.05, 3.63) is 53.6 Å². The molecule has 7 nitrogen and oxygen atoms in total. The number of amides is 2. The smallest absolute Gasteiger partial charge is 0.394 e. The first-order valence-corrected chi connectivity index (χ1v) is 10.1. The summed E-state index contributed by atoms with van der Waals surface area (Å²) in [6, 6.07) is -0.440. The molecule has 0 saturated heterocycles. The molecule has 1 unspecified atom stereocenters. The van der Waals surface area contributed by atoms with Crippen molar-refractivity contribution in [2.24, 2.45) is 10.8 Å². The molecular weight excluding hydrogens is 449 g/mol. The first-order valence-electron chi connectivity index (χ1n) is 10.1. The number of anilines is 1. The Kier molecular flexibility index (Phi) is 5.29. The molecule has 12 heteroatoms. The van der Waals surface area contributed by atoms with Crippen LogP contribution in [0.15, 0.2) is 30.7 Å². The molecule has 0 spiro atoms. The van der Waals surface area contributed by atoms with E-state index in [-0.39, 0.29) is 36.2 Å². The Bertz CT molecular complexity index is 1100. The fourth-order valence-electron chi connectivity index (χ4n) is 4.90. The van der Waals surface area contributed by atoms with Crippen molar-refractivity contribution in [2.75, 3.05) is 5.73 Å². The summed E-state index contributed by atoms with van der Waals surface area (Å²) < 4.78 is 67.3. The van der Waals surface area contributed by atoms with Gasteiger partial charge in [-0.3, -0.25) is 19.6 Å². The van der Waals surface area contributed by atoms with Gasteiger partial charge in [0, 0.05) is 17.7 Å². The molecule has 4 N–H and O–H groups in total. The van der Waals surface area contributed by atoms with Gasteiger partial charge in [0.1, 0.15) is 17.7 Å². The SMILES string of the molecule is C[C@@H](NC(=O)C(NC(=O)c1ccncc1N)C12CC(C(F)(F)F)(C1)C2)c1ncc(F)cc1F. The predicted molar refractivity (Wildman–Crippen MR) is 105 cm³/mol. The topological polar surface area (TPSA) is 110 Å². The van der Waals surface area contributed by atoms with E-state index in [1.54, 1.807) is 0 Å². The minimum atomic E-state index is -4.41. The van der Waals surface area contributed by atoms with Gasteiger partial charge in [-0.1, -0.05) is 0 Å². The molecule has 2 amide bonds. The number of hydrogen-bond donors (Lipinski definition) is 3. The molecule has 0 aliphatic heterocycles. The third kappa shape index (κ3) is 3.76. The van der Waals surface area contributed by atoms with Gasteiger partial charge >= 0.3 is 6.18 Å². The summed E-state index contributed by atoms with van der Waals surface area (Å²) in [6.45, 7) is 1.39. The number of pyridine rings is 2. The third-order valence-electron chi connectivity index (χ3n) is 6.52. The molecule has 0 aromatic carbocycles. The van der Waals surface area contributed by atoms with E-state index in [0.717, 1.165) is 6.20 Å². The van der Waals surface area contributed by atoms with Crippen molar-refractivity contribution >= 4 is 17.5 Å². The summed E-state index contributed by atoms with van der Waals surface area (Å²) in [7, 11) is 0. The van der Waals surface area contributed by atoms with Crippen molar-refractivity contribution in [2.45, 2.75) is 44.4 Å². The number of nitrogens with zero attached hydrogens (tertiary/aromatic N) is 2. The van der Waals surface area contributed by atoms with Gasteiger partial charge in [0.05, 0.1) is 40.8 Å². The monoisotopic (exact) mass is 469 g/mol. The average molecular weight is 469 g/mol. The van der Waals surface area contributed by atoms with E-state index in [1.165, 1.54) is 25.4 Å². The first-order chi connectivity index (χ1) is 15.4. The van der Waals surface area contributed by atoms with E-state index >= 15 is 0 Å². The van der Waals surface area contributed by atoms with E-state index in [9.17, 15) is 31.5 Å². The summed E-state index contributed by atoms with van der Waals surface area (Å²) in [4.78, 5) is 33.3. The zero-order valence-corrected chi connectivity index (χ0v) is 17.3.